The molecule has 0 aromatic heterocycles. The average molecular weight is 584 g/mol. The first-order chi connectivity index (χ1) is 20.8. The standard InChI is InChI=1S/C39H43OSi2/c1-2-3-4-5-6-7-23-34-41(35-24-13-8-14-25-35,36-26-15-9-16-27-36)40-42(37-28-17-10-18-29-37,38-30-19-11-20-31-38)39-32-21-12-22-33-39/h8-22,24-33H,1-7,23,34H2. The van der Waals surface area contributed by atoms with Crippen molar-refractivity contribution in [1.29, 1.82) is 0 Å². The Morgan fingerprint density at radius 1 is 0.381 bits per heavy atom. The van der Waals surface area contributed by atoms with E-state index in [4.69, 9.17) is 4.12 Å². The molecule has 1 nitrogen and oxygen atoms in total. The Bertz CT molecular complexity index is 1310. The molecule has 5 aromatic rings. The molecule has 0 atom stereocenters. The molecule has 0 N–H and O–H groups in total. The third-order valence-electron chi connectivity index (χ3n) is 8.38. The van der Waals surface area contributed by atoms with Crippen LogP contribution in [0.5, 0.6) is 0 Å². The topological polar surface area (TPSA) is 9.23 Å². The van der Waals surface area contributed by atoms with Gasteiger partial charge in [0.15, 0.2) is 0 Å². The van der Waals surface area contributed by atoms with E-state index in [2.05, 4.69) is 159 Å². The van der Waals surface area contributed by atoms with Crippen LogP contribution in [0, 0.1) is 6.92 Å². The first-order valence-corrected chi connectivity index (χ1v) is 19.6. The highest BCUT2D eigenvalue weighted by atomic mass is 28.4. The van der Waals surface area contributed by atoms with Crippen LogP contribution >= 0.6 is 0 Å². The Labute approximate surface area is 255 Å². The molecular formula is C39H43OSi2. The van der Waals surface area contributed by atoms with Gasteiger partial charge in [0, 0.05) is 0 Å². The predicted molar refractivity (Wildman–Crippen MR) is 185 cm³/mol. The normalized spacial score (nSPS) is 11.8. The van der Waals surface area contributed by atoms with Crippen molar-refractivity contribution in [3.8, 4) is 0 Å². The Kier molecular flexibility index (Phi) is 10.8. The van der Waals surface area contributed by atoms with E-state index in [-0.39, 0.29) is 0 Å². The molecule has 0 aliphatic carbocycles. The van der Waals surface area contributed by atoms with Gasteiger partial charge >= 0.3 is 0 Å². The van der Waals surface area contributed by atoms with Crippen molar-refractivity contribution in [2.24, 2.45) is 0 Å². The Hall–Kier alpha value is -3.51. The number of hydrogen-bond acceptors (Lipinski definition) is 1. The summed E-state index contributed by atoms with van der Waals surface area (Å²) in [6.07, 6.45) is 8.50. The third-order valence-corrected chi connectivity index (χ3v) is 18.0. The fourth-order valence-electron chi connectivity index (χ4n) is 6.25. The minimum atomic E-state index is -2.96. The van der Waals surface area contributed by atoms with E-state index >= 15 is 0 Å². The summed E-state index contributed by atoms with van der Waals surface area (Å²) in [6, 6.07) is 56.6. The van der Waals surface area contributed by atoms with Gasteiger partial charge in [-0.05, 0) is 32.0 Å². The highest BCUT2D eigenvalue weighted by molar-refractivity contribution is 7.14. The maximum atomic E-state index is 8.27. The summed E-state index contributed by atoms with van der Waals surface area (Å²) in [5, 5.41) is 6.58. The van der Waals surface area contributed by atoms with E-state index in [9.17, 15) is 0 Å². The molecule has 5 rings (SSSR count). The van der Waals surface area contributed by atoms with E-state index in [0.717, 1.165) is 18.9 Å². The van der Waals surface area contributed by atoms with Gasteiger partial charge in [-0.25, -0.2) is 0 Å². The van der Waals surface area contributed by atoms with Crippen LogP contribution < -0.4 is 25.9 Å². The van der Waals surface area contributed by atoms with Gasteiger partial charge in [-0.15, -0.1) is 0 Å². The van der Waals surface area contributed by atoms with Crippen LogP contribution in [0.2, 0.25) is 6.04 Å². The van der Waals surface area contributed by atoms with Crippen molar-refractivity contribution in [3.63, 3.8) is 0 Å². The average Bonchev–Trinajstić information content (AvgIpc) is 3.08. The molecule has 0 saturated carbocycles. The molecule has 0 saturated heterocycles. The predicted octanol–water partition coefficient (Wildman–Crippen LogP) is 6.99. The molecule has 0 aliphatic heterocycles. The molecule has 0 bridgehead atoms. The lowest BCUT2D eigenvalue weighted by Crippen LogP contribution is -2.77. The minimum Gasteiger partial charge on any atom is -0.439 e. The van der Waals surface area contributed by atoms with Crippen LogP contribution in [0.3, 0.4) is 0 Å². The molecule has 0 fully saturated rings. The molecule has 42 heavy (non-hydrogen) atoms. The summed E-state index contributed by atoms with van der Waals surface area (Å²) in [4.78, 5) is 0. The molecule has 0 unspecified atom stereocenters. The summed E-state index contributed by atoms with van der Waals surface area (Å²) in [5.41, 5.74) is 0. The molecule has 213 valence electrons. The minimum absolute atomic E-state index is 1.04. The van der Waals surface area contributed by atoms with Crippen LogP contribution in [0.15, 0.2) is 152 Å². The summed E-state index contributed by atoms with van der Waals surface area (Å²) in [5.74, 6) is 0. The zero-order valence-electron chi connectivity index (χ0n) is 24.7. The van der Waals surface area contributed by atoms with Crippen molar-refractivity contribution in [3.05, 3.63) is 159 Å². The molecule has 3 heteroatoms. The fourth-order valence-corrected chi connectivity index (χ4v) is 17.2. The Balaban J connectivity index is 1.71. The van der Waals surface area contributed by atoms with E-state index in [0.29, 0.717) is 0 Å². The SMILES string of the molecule is [CH2]CCCCCCCC[Si](O[Si](c1ccccc1)(c1ccccc1)c1ccccc1)(c1ccccc1)c1ccccc1. The van der Waals surface area contributed by atoms with Crippen molar-refractivity contribution in [1.82, 2.24) is 0 Å². The summed E-state index contributed by atoms with van der Waals surface area (Å²) in [6.45, 7) is 4.02. The van der Waals surface area contributed by atoms with Crippen molar-refractivity contribution in [2.75, 3.05) is 0 Å². The van der Waals surface area contributed by atoms with Crippen LogP contribution in [-0.2, 0) is 4.12 Å². The molecule has 0 heterocycles. The van der Waals surface area contributed by atoms with Gasteiger partial charge in [0.25, 0.3) is 8.32 Å². The molecule has 5 aromatic carbocycles. The van der Waals surface area contributed by atoms with Gasteiger partial charge in [-0.3, -0.25) is 0 Å². The highest BCUT2D eigenvalue weighted by Crippen LogP contribution is 2.24. The van der Waals surface area contributed by atoms with E-state index < -0.39 is 16.6 Å². The van der Waals surface area contributed by atoms with Gasteiger partial charge in [-0.1, -0.05) is 204 Å². The lowest BCUT2D eigenvalue weighted by molar-refractivity contribution is 0.563. The number of unbranched alkanes of at least 4 members (excludes halogenated alkanes) is 6. The Morgan fingerprint density at radius 2 is 0.690 bits per heavy atom. The van der Waals surface area contributed by atoms with Gasteiger partial charge in [0.2, 0.25) is 8.32 Å². The van der Waals surface area contributed by atoms with Crippen molar-refractivity contribution < 1.29 is 4.12 Å². The van der Waals surface area contributed by atoms with Crippen LogP contribution in [0.4, 0.5) is 0 Å². The summed E-state index contributed by atoms with van der Waals surface area (Å²) < 4.78 is 8.27. The van der Waals surface area contributed by atoms with Gasteiger partial charge in [0.05, 0.1) is 0 Å². The molecular weight excluding hydrogens is 541 g/mol. The molecule has 0 amide bonds. The van der Waals surface area contributed by atoms with Gasteiger partial charge < -0.3 is 4.12 Å². The van der Waals surface area contributed by atoms with E-state index in [1.54, 1.807) is 0 Å². The number of hydrogen-bond donors (Lipinski definition) is 0. The second-order valence-electron chi connectivity index (χ2n) is 11.2. The summed E-state index contributed by atoms with van der Waals surface area (Å²) in [7, 11) is -5.71. The number of rotatable bonds is 15. The van der Waals surface area contributed by atoms with Gasteiger partial charge in [-0.2, -0.15) is 0 Å². The fraction of sp³-hybridized carbons (Fsp3) is 0.205. The second kappa shape index (κ2) is 15.1. The van der Waals surface area contributed by atoms with Crippen LogP contribution in [-0.4, -0.2) is 16.6 Å². The largest absolute Gasteiger partial charge is 0.439 e. The molecule has 0 spiro atoms. The Morgan fingerprint density at radius 3 is 1.05 bits per heavy atom. The zero-order chi connectivity index (χ0) is 28.9. The third kappa shape index (κ3) is 6.76. The number of benzene rings is 5. The lowest BCUT2D eigenvalue weighted by atomic mass is 10.1. The molecule has 0 aliphatic rings. The van der Waals surface area contributed by atoms with Gasteiger partial charge in [0.1, 0.15) is 0 Å². The van der Waals surface area contributed by atoms with E-state index in [1.165, 1.54) is 58.0 Å². The first-order valence-electron chi connectivity index (χ1n) is 15.6. The van der Waals surface area contributed by atoms with Crippen molar-refractivity contribution in [2.45, 2.75) is 51.0 Å². The van der Waals surface area contributed by atoms with Crippen LogP contribution in [0.25, 0.3) is 0 Å². The summed E-state index contributed by atoms with van der Waals surface area (Å²) >= 11 is 0. The maximum absolute atomic E-state index is 8.27. The van der Waals surface area contributed by atoms with Crippen molar-refractivity contribution >= 4 is 42.6 Å². The quantitative estimate of drug-likeness (QED) is 0.0733. The first kappa shape index (κ1) is 30.0. The van der Waals surface area contributed by atoms with E-state index in [1.807, 2.05) is 0 Å². The lowest BCUT2D eigenvalue weighted by Gasteiger charge is -2.44. The monoisotopic (exact) mass is 583 g/mol. The second-order valence-corrected chi connectivity index (χ2v) is 18.4. The molecule has 1 radical (unpaired) electrons. The smallest absolute Gasteiger partial charge is 0.278 e. The maximum Gasteiger partial charge on any atom is 0.278 e. The van der Waals surface area contributed by atoms with Crippen LogP contribution in [0.1, 0.15) is 44.9 Å². The highest BCUT2D eigenvalue weighted by Gasteiger charge is 2.51. The zero-order valence-corrected chi connectivity index (χ0v) is 26.7.